The van der Waals surface area contributed by atoms with Crippen molar-refractivity contribution in [1.82, 2.24) is 9.38 Å². The number of halogens is 1. The van der Waals surface area contributed by atoms with Crippen LogP contribution in [0.3, 0.4) is 0 Å². The van der Waals surface area contributed by atoms with Crippen LogP contribution in [0.2, 0.25) is 5.15 Å². The molecule has 1 aliphatic rings. The molecule has 2 aromatic rings. The van der Waals surface area contributed by atoms with Crippen LogP contribution in [0.5, 0.6) is 0 Å². The van der Waals surface area contributed by atoms with Crippen LogP contribution < -0.4 is 0 Å². The first-order valence-electron chi connectivity index (χ1n) is 6.40. The van der Waals surface area contributed by atoms with Crippen LogP contribution in [0.4, 0.5) is 0 Å². The highest BCUT2D eigenvalue weighted by molar-refractivity contribution is 7.92. The second kappa shape index (κ2) is 4.80. The van der Waals surface area contributed by atoms with Gasteiger partial charge < -0.3 is 0 Å². The predicted molar refractivity (Wildman–Crippen MR) is 75.3 cm³/mol. The Labute approximate surface area is 117 Å². The number of pyridine rings is 1. The number of nitrogens with zero attached hydrogens (tertiary/aromatic N) is 2. The highest BCUT2D eigenvalue weighted by Crippen LogP contribution is 2.24. The van der Waals surface area contributed by atoms with Gasteiger partial charge in [-0.1, -0.05) is 24.1 Å². The molecule has 4 nitrogen and oxygen atoms in total. The second-order valence-corrected chi connectivity index (χ2v) is 7.76. The molecular formula is C13H15ClN2O2S. The van der Waals surface area contributed by atoms with Crippen molar-refractivity contribution in [2.24, 2.45) is 0 Å². The minimum absolute atomic E-state index is 0.300. The molecule has 3 rings (SSSR count). The lowest BCUT2D eigenvalue weighted by Gasteiger charge is -2.21. The van der Waals surface area contributed by atoms with Gasteiger partial charge in [0.05, 0.1) is 22.7 Å². The Morgan fingerprint density at radius 2 is 2.21 bits per heavy atom. The van der Waals surface area contributed by atoms with E-state index in [2.05, 4.69) is 4.98 Å². The van der Waals surface area contributed by atoms with Crippen molar-refractivity contribution in [3.8, 4) is 0 Å². The van der Waals surface area contributed by atoms with E-state index in [-0.39, 0.29) is 5.25 Å². The van der Waals surface area contributed by atoms with Crippen LogP contribution in [0.1, 0.15) is 25.1 Å². The third-order valence-corrected chi connectivity index (χ3v) is 6.27. The molecule has 0 aromatic carbocycles. The van der Waals surface area contributed by atoms with Gasteiger partial charge in [0.2, 0.25) is 0 Å². The minimum atomic E-state index is -2.98. The zero-order chi connectivity index (χ0) is 13.5. The molecule has 0 radical (unpaired) electrons. The summed E-state index contributed by atoms with van der Waals surface area (Å²) in [5.74, 6) is 1.03. The van der Waals surface area contributed by atoms with Crippen LogP contribution in [-0.4, -0.2) is 28.8 Å². The molecule has 0 spiro atoms. The van der Waals surface area contributed by atoms with Gasteiger partial charge >= 0.3 is 0 Å². The zero-order valence-corrected chi connectivity index (χ0v) is 12.0. The van der Waals surface area contributed by atoms with E-state index in [1.165, 1.54) is 0 Å². The van der Waals surface area contributed by atoms with Crippen molar-refractivity contribution in [2.75, 3.05) is 5.75 Å². The maximum absolute atomic E-state index is 12.1. The fourth-order valence-electron chi connectivity index (χ4n) is 2.67. The van der Waals surface area contributed by atoms with Gasteiger partial charge in [-0.25, -0.2) is 13.4 Å². The van der Waals surface area contributed by atoms with Crippen molar-refractivity contribution < 1.29 is 8.42 Å². The first-order chi connectivity index (χ1) is 9.08. The average molecular weight is 299 g/mol. The van der Waals surface area contributed by atoms with E-state index in [1.807, 2.05) is 16.5 Å². The summed E-state index contributed by atoms with van der Waals surface area (Å²) in [5.41, 5.74) is 0.899. The summed E-state index contributed by atoms with van der Waals surface area (Å²) < 4.78 is 25.9. The molecule has 3 heterocycles. The highest BCUT2D eigenvalue weighted by Gasteiger charge is 2.30. The van der Waals surface area contributed by atoms with Gasteiger partial charge in [-0.15, -0.1) is 0 Å². The number of imidazole rings is 1. The maximum atomic E-state index is 12.1. The lowest BCUT2D eigenvalue weighted by atomic mass is 10.1. The Morgan fingerprint density at radius 3 is 3.00 bits per heavy atom. The molecule has 2 aromatic heterocycles. The fraction of sp³-hybridized carbons (Fsp3) is 0.462. The summed E-state index contributed by atoms with van der Waals surface area (Å²) >= 11 is 6.17. The van der Waals surface area contributed by atoms with E-state index in [1.54, 1.807) is 12.3 Å². The van der Waals surface area contributed by atoms with Crippen LogP contribution in [0.25, 0.3) is 5.52 Å². The van der Waals surface area contributed by atoms with Gasteiger partial charge in [0, 0.05) is 6.42 Å². The summed E-state index contributed by atoms with van der Waals surface area (Å²) in [5, 5.41) is 0.251. The summed E-state index contributed by atoms with van der Waals surface area (Å²) in [6.07, 6.45) is 4.65. The van der Waals surface area contributed by atoms with Gasteiger partial charge in [-0.2, -0.15) is 0 Å². The Hall–Kier alpha value is -1.07. The van der Waals surface area contributed by atoms with Gasteiger partial charge in [-0.3, -0.25) is 4.40 Å². The quantitative estimate of drug-likeness (QED) is 0.801. The Morgan fingerprint density at radius 1 is 1.37 bits per heavy atom. The SMILES string of the molecule is O=S1(=O)CCCCC1Cc1ncc2cccc(Cl)n12. The number of sulfone groups is 1. The number of hydrogen-bond acceptors (Lipinski definition) is 3. The number of aromatic nitrogens is 2. The molecular weight excluding hydrogens is 284 g/mol. The van der Waals surface area contributed by atoms with Gasteiger partial charge in [-0.05, 0) is 25.0 Å². The Balaban J connectivity index is 1.97. The number of rotatable bonds is 2. The molecule has 0 N–H and O–H groups in total. The molecule has 0 saturated carbocycles. The molecule has 1 aliphatic heterocycles. The van der Waals surface area contributed by atoms with Gasteiger partial charge in [0.25, 0.3) is 0 Å². The van der Waals surface area contributed by atoms with Crippen molar-refractivity contribution in [3.05, 3.63) is 35.4 Å². The topological polar surface area (TPSA) is 51.4 Å². The highest BCUT2D eigenvalue weighted by atomic mass is 35.5. The van der Waals surface area contributed by atoms with Crippen LogP contribution >= 0.6 is 11.6 Å². The van der Waals surface area contributed by atoms with Crippen molar-refractivity contribution >= 4 is 27.0 Å². The lowest BCUT2D eigenvalue weighted by Crippen LogP contribution is -2.30. The molecule has 0 bridgehead atoms. The first-order valence-corrected chi connectivity index (χ1v) is 8.50. The zero-order valence-electron chi connectivity index (χ0n) is 10.4. The summed E-state index contributed by atoms with van der Waals surface area (Å²) in [6.45, 7) is 0. The van der Waals surface area contributed by atoms with E-state index in [4.69, 9.17) is 11.6 Å². The standard InChI is InChI=1S/C13H15ClN2O2S/c14-12-6-3-4-10-9-15-13(16(10)12)8-11-5-1-2-7-19(11,17)18/h3-4,6,9,11H,1-2,5,7-8H2. The van der Waals surface area contributed by atoms with Crippen molar-refractivity contribution in [3.63, 3.8) is 0 Å². The number of fused-ring (bicyclic) bond motifs is 1. The predicted octanol–water partition coefficient (Wildman–Crippen LogP) is 2.50. The molecule has 19 heavy (non-hydrogen) atoms. The lowest BCUT2D eigenvalue weighted by molar-refractivity contribution is 0.534. The largest absolute Gasteiger partial charge is 0.287 e. The molecule has 1 saturated heterocycles. The maximum Gasteiger partial charge on any atom is 0.153 e. The molecule has 0 aliphatic carbocycles. The van der Waals surface area contributed by atoms with E-state index in [9.17, 15) is 8.42 Å². The van der Waals surface area contributed by atoms with E-state index >= 15 is 0 Å². The molecule has 102 valence electrons. The molecule has 1 atom stereocenters. The molecule has 6 heteroatoms. The molecule has 1 unspecified atom stereocenters. The van der Waals surface area contributed by atoms with Crippen molar-refractivity contribution in [2.45, 2.75) is 30.9 Å². The smallest absolute Gasteiger partial charge is 0.153 e. The van der Waals surface area contributed by atoms with Crippen LogP contribution in [0.15, 0.2) is 24.4 Å². The number of hydrogen-bond donors (Lipinski definition) is 0. The van der Waals surface area contributed by atoms with Gasteiger partial charge in [0.1, 0.15) is 11.0 Å². The van der Waals surface area contributed by atoms with Crippen LogP contribution in [0, 0.1) is 0 Å². The summed E-state index contributed by atoms with van der Waals surface area (Å²) in [4.78, 5) is 4.33. The van der Waals surface area contributed by atoms with Gasteiger partial charge in [0.15, 0.2) is 9.84 Å². The van der Waals surface area contributed by atoms with Crippen molar-refractivity contribution in [1.29, 1.82) is 0 Å². The Kier molecular flexibility index (Phi) is 3.27. The summed E-state index contributed by atoms with van der Waals surface area (Å²) in [6, 6.07) is 5.56. The van der Waals surface area contributed by atoms with Crippen LogP contribution in [-0.2, 0) is 16.3 Å². The average Bonchev–Trinajstić information content (AvgIpc) is 2.77. The normalized spacial score (nSPS) is 22.7. The summed E-state index contributed by atoms with van der Waals surface area (Å²) in [7, 11) is -2.98. The van der Waals surface area contributed by atoms with E-state index in [0.717, 1.165) is 30.6 Å². The first kappa shape index (κ1) is 12.9. The third kappa shape index (κ3) is 2.37. The van der Waals surface area contributed by atoms with E-state index < -0.39 is 9.84 Å². The van der Waals surface area contributed by atoms with E-state index in [0.29, 0.717) is 17.3 Å². The molecule has 0 amide bonds. The molecule has 1 fully saturated rings. The second-order valence-electron chi connectivity index (χ2n) is 4.97. The minimum Gasteiger partial charge on any atom is -0.287 e. The third-order valence-electron chi connectivity index (χ3n) is 3.70. The fourth-order valence-corrected chi connectivity index (χ4v) is 4.80. The Bertz CT molecular complexity index is 709. The monoisotopic (exact) mass is 298 g/mol.